The zero-order valence-electron chi connectivity index (χ0n) is 11.6. The molecule has 0 radical (unpaired) electrons. The molecule has 1 aromatic rings. The molecule has 1 aliphatic heterocycles. The molecule has 108 valence electrons. The van der Waals surface area contributed by atoms with Gasteiger partial charge in [-0.15, -0.1) is 6.58 Å². The number of piperazine rings is 1. The van der Waals surface area contributed by atoms with Crippen LogP contribution in [0.1, 0.15) is 18.5 Å². The number of carbonyl (C=O) groups is 1. The molecule has 1 fully saturated rings. The van der Waals surface area contributed by atoms with Crippen molar-refractivity contribution in [2.45, 2.75) is 13.0 Å². The Morgan fingerprint density at radius 3 is 2.75 bits per heavy atom. The van der Waals surface area contributed by atoms with Crippen LogP contribution in [0.3, 0.4) is 0 Å². The summed E-state index contributed by atoms with van der Waals surface area (Å²) >= 11 is 0. The quantitative estimate of drug-likeness (QED) is 0.495. The lowest BCUT2D eigenvalue weighted by atomic mass is 10.0. The number of benzene rings is 1. The van der Waals surface area contributed by atoms with E-state index in [0.717, 1.165) is 31.7 Å². The van der Waals surface area contributed by atoms with Crippen LogP contribution in [0.15, 0.2) is 30.9 Å². The van der Waals surface area contributed by atoms with Gasteiger partial charge in [0.25, 0.3) is 0 Å². The van der Waals surface area contributed by atoms with Crippen molar-refractivity contribution >= 4 is 5.97 Å². The van der Waals surface area contributed by atoms with Gasteiger partial charge in [0.05, 0.1) is 6.04 Å². The van der Waals surface area contributed by atoms with Crippen LogP contribution < -0.4 is 10.1 Å². The number of nitrogens with one attached hydrogen (secondary N) is 1. The minimum Gasteiger partial charge on any atom is -0.504 e. The Labute approximate surface area is 118 Å². The second-order valence-electron chi connectivity index (χ2n) is 4.79. The van der Waals surface area contributed by atoms with E-state index < -0.39 is 5.97 Å². The molecule has 0 spiro atoms. The van der Waals surface area contributed by atoms with Gasteiger partial charge >= 0.3 is 5.97 Å². The SMILES string of the molecule is C=C[C@H](c1ccc(OC(C)=O)c(O)c1)N1CCNCC1. The maximum absolute atomic E-state index is 10.9. The number of hydrogen-bond acceptors (Lipinski definition) is 5. The van der Waals surface area contributed by atoms with E-state index in [1.807, 2.05) is 12.1 Å². The average Bonchev–Trinajstić information content (AvgIpc) is 2.43. The fourth-order valence-corrected chi connectivity index (χ4v) is 2.42. The van der Waals surface area contributed by atoms with Gasteiger partial charge in [0.15, 0.2) is 11.5 Å². The van der Waals surface area contributed by atoms with Crippen LogP contribution in [-0.4, -0.2) is 42.2 Å². The van der Waals surface area contributed by atoms with Gasteiger partial charge in [-0.3, -0.25) is 9.69 Å². The zero-order chi connectivity index (χ0) is 14.5. The molecule has 20 heavy (non-hydrogen) atoms. The lowest BCUT2D eigenvalue weighted by Gasteiger charge is -2.33. The molecular formula is C15H20N2O3. The number of ether oxygens (including phenoxy) is 1. The number of esters is 1. The molecule has 2 rings (SSSR count). The summed E-state index contributed by atoms with van der Waals surface area (Å²) in [5.41, 5.74) is 0.940. The van der Waals surface area contributed by atoms with E-state index in [-0.39, 0.29) is 17.5 Å². The maximum atomic E-state index is 10.9. The molecule has 1 aliphatic rings. The van der Waals surface area contributed by atoms with E-state index in [0.29, 0.717) is 0 Å². The first kappa shape index (κ1) is 14.6. The smallest absolute Gasteiger partial charge is 0.308 e. The van der Waals surface area contributed by atoms with Gasteiger partial charge in [-0.25, -0.2) is 0 Å². The highest BCUT2D eigenvalue weighted by Gasteiger charge is 2.20. The van der Waals surface area contributed by atoms with Crippen molar-refractivity contribution in [3.8, 4) is 11.5 Å². The number of rotatable bonds is 4. The van der Waals surface area contributed by atoms with Gasteiger partial charge in [-0.05, 0) is 17.7 Å². The van der Waals surface area contributed by atoms with Crippen molar-refractivity contribution in [2.24, 2.45) is 0 Å². The predicted molar refractivity (Wildman–Crippen MR) is 76.8 cm³/mol. The molecule has 0 aromatic heterocycles. The molecule has 1 saturated heterocycles. The van der Waals surface area contributed by atoms with Crippen molar-refractivity contribution in [1.82, 2.24) is 10.2 Å². The molecule has 0 amide bonds. The van der Waals surface area contributed by atoms with Crippen molar-refractivity contribution in [2.75, 3.05) is 26.2 Å². The summed E-state index contributed by atoms with van der Waals surface area (Å²) < 4.78 is 4.92. The minimum atomic E-state index is -0.449. The maximum Gasteiger partial charge on any atom is 0.308 e. The Bertz CT molecular complexity index is 496. The molecule has 1 heterocycles. The number of carbonyl (C=O) groups excluding carboxylic acids is 1. The van der Waals surface area contributed by atoms with Crippen molar-refractivity contribution < 1.29 is 14.6 Å². The van der Waals surface area contributed by atoms with Crippen molar-refractivity contribution in [1.29, 1.82) is 0 Å². The molecule has 0 bridgehead atoms. The molecule has 5 heteroatoms. The first-order valence-electron chi connectivity index (χ1n) is 6.70. The summed E-state index contributed by atoms with van der Waals surface area (Å²) in [7, 11) is 0. The lowest BCUT2D eigenvalue weighted by molar-refractivity contribution is -0.132. The Hall–Kier alpha value is -1.85. The van der Waals surface area contributed by atoms with Crippen LogP contribution >= 0.6 is 0 Å². The highest BCUT2D eigenvalue weighted by atomic mass is 16.5. The second kappa shape index (κ2) is 6.54. The van der Waals surface area contributed by atoms with Crippen LogP contribution in [0.5, 0.6) is 11.5 Å². The van der Waals surface area contributed by atoms with E-state index in [4.69, 9.17) is 4.74 Å². The predicted octanol–water partition coefficient (Wildman–Crippen LogP) is 1.45. The zero-order valence-corrected chi connectivity index (χ0v) is 11.6. The van der Waals surface area contributed by atoms with Crippen LogP contribution in [0.25, 0.3) is 0 Å². The third kappa shape index (κ3) is 3.37. The Morgan fingerprint density at radius 1 is 1.50 bits per heavy atom. The van der Waals surface area contributed by atoms with Crippen LogP contribution in [0, 0.1) is 0 Å². The van der Waals surface area contributed by atoms with Gasteiger partial charge in [-0.1, -0.05) is 12.1 Å². The Balaban J connectivity index is 2.19. The van der Waals surface area contributed by atoms with E-state index >= 15 is 0 Å². The van der Waals surface area contributed by atoms with Crippen LogP contribution in [-0.2, 0) is 4.79 Å². The van der Waals surface area contributed by atoms with Crippen molar-refractivity contribution in [3.63, 3.8) is 0 Å². The second-order valence-corrected chi connectivity index (χ2v) is 4.79. The van der Waals surface area contributed by atoms with Gasteiger partial charge in [0, 0.05) is 33.1 Å². The summed E-state index contributed by atoms with van der Waals surface area (Å²) in [6.45, 7) is 8.95. The van der Waals surface area contributed by atoms with E-state index in [1.54, 1.807) is 12.1 Å². The Kier molecular flexibility index (Phi) is 4.76. The fraction of sp³-hybridized carbons (Fsp3) is 0.400. The topological polar surface area (TPSA) is 61.8 Å². The van der Waals surface area contributed by atoms with E-state index in [1.165, 1.54) is 6.92 Å². The number of phenolic OH excluding ortho intramolecular Hbond substituents is 1. The Morgan fingerprint density at radius 2 is 2.20 bits per heavy atom. The van der Waals surface area contributed by atoms with E-state index in [2.05, 4.69) is 16.8 Å². The molecule has 0 aliphatic carbocycles. The van der Waals surface area contributed by atoms with Gasteiger partial charge in [0.1, 0.15) is 0 Å². The largest absolute Gasteiger partial charge is 0.504 e. The molecule has 1 aromatic carbocycles. The number of nitrogens with zero attached hydrogens (tertiary/aromatic N) is 1. The minimum absolute atomic E-state index is 0.0281. The third-order valence-electron chi connectivity index (χ3n) is 3.35. The number of phenols is 1. The first-order chi connectivity index (χ1) is 9.61. The summed E-state index contributed by atoms with van der Waals surface area (Å²) in [6.07, 6.45) is 1.87. The molecule has 0 saturated carbocycles. The monoisotopic (exact) mass is 276 g/mol. The summed E-state index contributed by atoms with van der Waals surface area (Å²) in [5, 5.41) is 13.2. The van der Waals surface area contributed by atoms with Crippen LogP contribution in [0.4, 0.5) is 0 Å². The van der Waals surface area contributed by atoms with Crippen LogP contribution in [0.2, 0.25) is 0 Å². The normalized spacial score (nSPS) is 17.4. The standard InChI is InChI=1S/C15H20N2O3/c1-3-13(17-8-6-16-7-9-17)12-4-5-15(14(19)10-12)20-11(2)18/h3-5,10,13,16,19H,1,6-9H2,2H3/t13-/m1/s1. The van der Waals surface area contributed by atoms with Gasteiger partial charge in [0.2, 0.25) is 0 Å². The molecule has 5 nitrogen and oxygen atoms in total. The van der Waals surface area contributed by atoms with Crippen molar-refractivity contribution in [3.05, 3.63) is 36.4 Å². The van der Waals surface area contributed by atoms with E-state index in [9.17, 15) is 9.90 Å². The third-order valence-corrected chi connectivity index (χ3v) is 3.35. The highest BCUT2D eigenvalue weighted by molar-refractivity contribution is 5.70. The summed E-state index contributed by atoms with van der Waals surface area (Å²) in [5.74, 6) is -0.292. The average molecular weight is 276 g/mol. The highest BCUT2D eigenvalue weighted by Crippen LogP contribution is 2.32. The first-order valence-corrected chi connectivity index (χ1v) is 6.70. The van der Waals surface area contributed by atoms with Gasteiger partial charge in [-0.2, -0.15) is 0 Å². The molecular weight excluding hydrogens is 256 g/mol. The molecule has 2 N–H and O–H groups in total. The number of hydrogen-bond donors (Lipinski definition) is 2. The molecule has 1 atom stereocenters. The van der Waals surface area contributed by atoms with Gasteiger partial charge < -0.3 is 15.2 Å². The lowest BCUT2D eigenvalue weighted by Crippen LogP contribution is -2.44. The number of aromatic hydroxyl groups is 1. The molecule has 0 unspecified atom stereocenters. The summed E-state index contributed by atoms with van der Waals surface area (Å²) in [4.78, 5) is 13.2. The summed E-state index contributed by atoms with van der Waals surface area (Å²) in [6, 6.07) is 5.15. The fourth-order valence-electron chi connectivity index (χ4n) is 2.42.